The van der Waals surface area contributed by atoms with Crippen molar-refractivity contribution in [2.75, 3.05) is 33.2 Å². The Kier molecular flexibility index (Phi) is 10.7. The number of allylic oxidation sites excluding steroid dienone is 3. The Hall–Kier alpha value is -1.30. The first-order valence-electron chi connectivity index (χ1n) is 8.45. The van der Waals surface area contributed by atoms with Crippen molar-refractivity contribution in [2.45, 2.75) is 53.1 Å². The molecule has 0 heterocycles. The molecular formula is C18H31F3N2O. The largest absolute Gasteiger partial charge is 0.392 e. The molecule has 0 saturated carbocycles. The fraction of sp³-hybridized carbons (Fsp3) is 0.722. The van der Waals surface area contributed by atoms with Crippen LogP contribution in [0.4, 0.5) is 13.2 Å². The number of halogens is 3. The number of hydrogen-bond donors (Lipinski definition) is 0. The second kappa shape index (κ2) is 11.3. The second-order valence-electron chi connectivity index (χ2n) is 6.27. The fourth-order valence-corrected chi connectivity index (χ4v) is 2.15. The standard InChI is InChI=1S/C18H31F3N2O/c1-6-22(5)12-8-9-17(24)23(7-2)14-16(11-10-15(3)4)13-18(19,20)21/h10-11H,6-9,12-14H2,1-5H3/b16-11+. The summed E-state index contributed by atoms with van der Waals surface area (Å²) in [6.07, 6.45) is -1.03. The molecular weight excluding hydrogens is 317 g/mol. The van der Waals surface area contributed by atoms with Crippen molar-refractivity contribution in [1.82, 2.24) is 9.80 Å². The maximum Gasteiger partial charge on any atom is 0.392 e. The molecule has 140 valence electrons. The molecule has 0 aliphatic heterocycles. The number of alkyl halides is 3. The molecule has 3 nitrogen and oxygen atoms in total. The number of hydrogen-bond acceptors (Lipinski definition) is 2. The highest BCUT2D eigenvalue weighted by molar-refractivity contribution is 5.76. The minimum Gasteiger partial charge on any atom is -0.339 e. The van der Waals surface area contributed by atoms with Crippen LogP contribution >= 0.6 is 0 Å². The van der Waals surface area contributed by atoms with Gasteiger partial charge in [-0.3, -0.25) is 4.79 Å². The summed E-state index contributed by atoms with van der Waals surface area (Å²) >= 11 is 0. The lowest BCUT2D eigenvalue weighted by atomic mass is 10.1. The third kappa shape index (κ3) is 11.3. The zero-order valence-electron chi connectivity index (χ0n) is 15.5. The van der Waals surface area contributed by atoms with E-state index in [-0.39, 0.29) is 18.0 Å². The van der Waals surface area contributed by atoms with Gasteiger partial charge in [0.15, 0.2) is 0 Å². The van der Waals surface area contributed by atoms with E-state index in [1.807, 2.05) is 27.8 Å². The van der Waals surface area contributed by atoms with Crippen molar-refractivity contribution in [2.24, 2.45) is 0 Å². The van der Waals surface area contributed by atoms with Crippen molar-refractivity contribution >= 4 is 5.91 Å². The van der Waals surface area contributed by atoms with Crippen molar-refractivity contribution < 1.29 is 18.0 Å². The number of carbonyl (C=O) groups is 1. The van der Waals surface area contributed by atoms with Crippen molar-refractivity contribution in [3.05, 3.63) is 23.3 Å². The smallest absolute Gasteiger partial charge is 0.339 e. The van der Waals surface area contributed by atoms with E-state index in [9.17, 15) is 18.0 Å². The molecule has 0 aromatic carbocycles. The number of amides is 1. The predicted molar refractivity (Wildman–Crippen MR) is 92.8 cm³/mol. The highest BCUT2D eigenvalue weighted by Gasteiger charge is 2.29. The zero-order valence-corrected chi connectivity index (χ0v) is 15.5. The van der Waals surface area contributed by atoms with E-state index in [2.05, 4.69) is 4.90 Å². The van der Waals surface area contributed by atoms with Crippen LogP contribution in [0.2, 0.25) is 0 Å². The minimum atomic E-state index is -4.27. The van der Waals surface area contributed by atoms with Gasteiger partial charge in [-0.25, -0.2) is 0 Å². The Labute approximate surface area is 144 Å². The zero-order chi connectivity index (χ0) is 18.8. The Balaban J connectivity index is 4.83. The molecule has 0 spiro atoms. The molecule has 0 N–H and O–H groups in total. The van der Waals surface area contributed by atoms with Crippen LogP contribution in [0.15, 0.2) is 23.3 Å². The maximum absolute atomic E-state index is 12.7. The highest BCUT2D eigenvalue weighted by Crippen LogP contribution is 2.25. The summed E-state index contributed by atoms with van der Waals surface area (Å²) in [5.41, 5.74) is 1.14. The predicted octanol–water partition coefficient (Wildman–Crippen LogP) is 4.41. The average molecular weight is 348 g/mol. The van der Waals surface area contributed by atoms with Crippen molar-refractivity contribution in [3.8, 4) is 0 Å². The molecule has 0 atom stereocenters. The Morgan fingerprint density at radius 1 is 1.08 bits per heavy atom. The maximum atomic E-state index is 12.7. The Bertz CT molecular complexity index is 438. The Morgan fingerprint density at radius 3 is 2.17 bits per heavy atom. The number of nitrogens with zero attached hydrogens (tertiary/aromatic N) is 2. The van der Waals surface area contributed by atoms with Crippen LogP contribution < -0.4 is 0 Å². The summed E-state index contributed by atoms with van der Waals surface area (Å²) in [4.78, 5) is 15.9. The number of rotatable bonds is 10. The monoisotopic (exact) mass is 348 g/mol. The molecule has 0 unspecified atom stereocenters. The van der Waals surface area contributed by atoms with Gasteiger partial charge in [-0.2, -0.15) is 13.2 Å². The quantitative estimate of drug-likeness (QED) is 0.546. The normalized spacial score (nSPS) is 12.5. The Morgan fingerprint density at radius 2 is 1.71 bits per heavy atom. The van der Waals surface area contributed by atoms with Gasteiger partial charge in [-0.1, -0.05) is 24.6 Å². The van der Waals surface area contributed by atoms with Gasteiger partial charge in [0.2, 0.25) is 5.91 Å². The first-order chi connectivity index (χ1) is 11.1. The second-order valence-corrected chi connectivity index (χ2v) is 6.27. The van der Waals surface area contributed by atoms with E-state index >= 15 is 0 Å². The highest BCUT2D eigenvalue weighted by atomic mass is 19.4. The average Bonchev–Trinajstić information content (AvgIpc) is 2.47. The summed E-state index contributed by atoms with van der Waals surface area (Å²) in [6, 6.07) is 0. The van der Waals surface area contributed by atoms with Crippen molar-refractivity contribution in [1.29, 1.82) is 0 Å². The lowest BCUT2D eigenvalue weighted by Crippen LogP contribution is -2.34. The third-order valence-corrected chi connectivity index (χ3v) is 3.68. The minimum absolute atomic E-state index is 0.0300. The van der Waals surface area contributed by atoms with Gasteiger partial charge in [-0.15, -0.1) is 0 Å². The molecule has 0 aromatic heterocycles. The lowest BCUT2D eigenvalue weighted by molar-refractivity contribution is -0.134. The third-order valence-electron chi connectivity index (χ3n) is 3.68. The van der Waals surface area contributed by atoms with Crippen molar-refractivity contribution in [3.63, 3.8) is 0 Å². The molecule has 0 fully saturated rings. The topological polar surface area (TPSA) is 23.6 Å². The van der Waals surface area contributed by atoms with Gasteiger partial charge in [-0.05, 0) is 52.9 Å². The molecule has 1 amide bonds. The van der Waals surface area contributed by atoms with Crippen LogP contribution in [-0.2, 0) is 4.79 Å². The fourth-order valence-electron chi connectivity index (χ4n) is 2.15. The molecule has 6 heteroatoms. The molecule has 0 radical (unpaired) electrons. The van der Waals surface area contributed by atoms with E-state index in [1.165, 1.54) is 11.0 Å². The van der Waals surface area contributed by atoms with Crippen LogP contribution in [0, 0.1) is 0 Å². The van der Waals surface area contributed by atoms with E-state index in [1.54, 1.807) is 13.0 Å². The van der Waals surface area contributed by atoms with Crippen LogP contribution in [0.25, 0.3) is 0 Å². The molecule has 0 aliphatic carbocycles. The van der Waals surface area contributed by atoms with Gasteiger partial charge >= 0.3 is 6.18 Å². The first-order valence-corrected chi connectivity index (χ1v) is 8.45. The van der Waals surface area contributed by atoms with Crippen LogP contribution in [0.1, 0.15) is 47.0 Å². The molecule has 0 aliphatic rings. The summed E-state index contributed by atoms with van der Waals surface area (Å²) in [5, 5.41) is 0. The van der Waals surface area contributed by atoms with Gasteiger partial charge in [0.1, 0.15) is 0 Å². The summed E-state index contributed by atoms with van der Waals surface area (Å²) in [5.74, 6) is -0.0905. The SMILES string of the molecule is CCN(C)CCCC(=O)N(CC)C/C(=C/C=C(C)C)CC(F)(F)F. The molecule has 0 bridgehead atoms. The summed E-state index contributed by atoms with van der Waals surface area (Å²) < 4.78 is 38.2. The molecule has 0 rings (SSSR count). The molecule has 0 aromatic rings. The number of carbonyl (C=O) groups excluding carboxylic acids is 1. The van der Waals surface area contributed by atoms with E-state index in [0.717, 1.165) is 18.7 Å². The van der Waals surface area contributed by atoms with E-state index < -0.39 is 12.6 Å². The first kappa shape index (κ1) is 22.7. The van der Waals surface area contributed by atoms with Crippen LogP contribution in [0.3, 0.4) is 0 Å². The van der Waals surface area contributed by atoms with Gasteiger partial charge in [0.05, 0.1) is 6.42 Å². The van der Waals surface area contributed by atoms with Gasteiger partial charge < -0.3 is 9.80 Å². The van der Waals surface area contributed by atoms with Gasteiger partial charge in [0.25, 0.3) is 0 Å². The van der Waals surface area contributed by atoms with E-state index in [4.69, 9.17) is 0 Å². The lowest BCUT2D eigenvalue weighted by Gasteiger charge is -2.24. The molecule has 0 saturated heterocycles. The van der Waals surface area contributed by atoms with Gasteiger partial charge in [0, 0.05) is 19.5 Å². The summed E-state index contributed by atoms with van der Waals surface area (Å²) in [7, 11) is 1.98. The van der Waals surface area contributed by atoms with E-state index in [0.29, 0.717) is 19.4 Å². The van der Waals surface area contributed by atoms with Crippen LogP contribution in [-0.4, -0.2) is 55.1 Å². The van der Waals surface area contributed by atoms with Crippen LogP contribution in [0.5, 0.6) is 0 Å². The summed E-state index contributed by atoms with van der Waals surface area (Å²) in [6.45, 7) is 9.65. The number of likely N-dealkylation sites (N-methyl/N-ethyl adjacent to an activating group) is 1. The molecule has 24 heavy (non-hydrogen) atoms.